The molecular formula is C7H13NO7. The van der Waals surface area contributed by atoms with Crippen LogP contribution in [0.1, 0.15) is 0 Å². The highest BCUT2D eigenvalue weighted by molar-refractivity contribution is 5.99. The molecule has 1 amide bonds. The summed E-state index contributed by atoms with van der Waals surface area (Å²) in [4.78, 5) is 21.0. The molecule has 0 saturated carbocycles. The number of primary amides is 1. The molecule has 0 fully saturated rings. The van der Waals surface area contributed by atoms with E-state index in [1.165, 1.54) is 0 Å². The number of aldehydes is 1. The fourth-order valence-electron chi connectivity index (χ4n) is 0.852. The minimum Gasteiger partial charge on any atom is -0.394 e. The van der Waals surface area contributed by atoms with Gasteiger partial charge in [-0.05, 0) is 0 Å². The van der Waals surface area contributed by atoms with Crippen molar-refractivity contribution in [1.82, 2.24) is 0 Å². The fraction of sp³-hybridized carbons (Fsp3) is 0.714. The molecule has 4 atom stereocenters. The summed E-state index contributed by atoms with van der Waals surface area (Å²) in [6.45, 7) is -0.925. The van der Waals surface area contributed by atoms with Gasteiger partial charge in [0.15, 0.2) is 6.29 Å². The zero-order valence-electron chi connectivity index (χ0n) is 7.65. The number of nitrogens with two attached hydrogens (primary N) is 1. The zero-order valence-corrected chi connectivity index (χ0v) is 7.65. The molecule has 7 N–H and O–H groups in total. The van der Waals surface area contributed by atoms with E-state index in [1.807, 2.05) is 0 Å². The van der Waals surface area contributed by atoms with Gasteiger partial charge in [0.25, 0.3) is 5.91 Å². The van der Waals surface area contributed by atoms with Crippen molar-refractivity contribution in [3.8, 4) is 0 Å². The Morgan fingerprint density at radius 1 is 1.40 bits per heavy atom. The van der Waals surface area contributed by atoms with Crippen LogP contribution in [0.4, 0.5) is 0 Å². The van der Waals surface area contributed by atoms with E-state index in [9.17, 15) is 19.8 Å². The second kappa shape index (κ2) is 5.14. The first kappa shape index (κ1) is 13.9. The van der Waals surface area contributed by atoms with E-state index >= 15 is 0 Å². The van der Waals surface area contributed by atoms with Gasteiger partial charge in [-0.15, -0.1) is 0 Å². The Morgan fingerprint density at radius 2 is 1.87 bits per heavy atom. The lowest BCUT2D eigenvalue weighted by molar-refractivity contribution is -0.174. The van der Waals surface area contributed by atoms with Crippen LogP contribution in [-0.4, -0.2) is 68.2 Å². The molecular weight excluding hydrogens is 210 g/mol. The number of hydrogen-bond acceptors (Lipinski definition) is 7. The number of carbonyl (C=O) groups is 2. The van der Waals surface area contributed by atoms with E-state index in [2.05, 4.69) is 5.73 Å². The van der Waals surface area contributed by atoms with Crippen LogP contribution in [0.2, 0.25) is 0 Å². The van der Waals surface area contributed by atoms with E-state index in [-0.39, 0.29) is 6.29 Å². The Kier molecular flexibility index (Phi) is 4.78. The first-order valence-electron chi connectivity index (χ1n) is 3.95. The maximum atomic E-state index is 10.6. The molecule has 0 aromatic carbocycles. The monoisotopic (exact) mass is 223 g/mol. The average Bonchev–Trinajstić information content (AvgIpc) is 2.24. The molecule has 4 unspecified atom stereocenters. The van der Waals surface area contributed by atoms with Crippen LogP contribution in [0.15, 0.2) is 0 Å². The third-order valence-corrected chi connectivity index (χ3v) is 1.93. The number of aliphatic hydroxyl groups is 5. The zero-order chi connectivity index (χ0) is 12.2. The number of carbonyl (C=O) groups excluding carboxylic acids is 2. The summed E-state index contributed by atoms with van der Waals surface area (Å²) in [6, 6.07) is 0. The largest absolute Gasteiger partial charge is 0.394 e. The topological polar surface area (TPSA) is 161 Å². The molecule has 88 valence electrons. The van der Waals surface area contributed by atoms with Gasteiger partial charge in [0.2, 0.25) is 5.60 Å². The van der Waals surface area contributed by atoms with E-state index in [1.54, 1.807) is 0 Å². The standard InChI is InChI=1S/C7H13NO7/c8-6(14)7(15,2-10)5(13)4(12)3(11)1-9/h2-5,9,11-13,15H,1H2,(H2,8,14). The van der Waals surface area contributed by atoms with Gasteiger partial charge in [-0.25, -0.2) is 0 Å². The Balaban J connectivity index is 4.87. The van der Waals surface area contributed by atoms with Crippen molar-refractivity contribution >= 4 is 12.2 Å². The third kappa shape index (κ3) is 2.70. The highest BCUT2D eigenvalue weighted by Crippen LogP contribution is 2.13. The lowest BCUT2D eigenvalue weighted by atomic mass is 9.91. The van der Waals surface area contributed by atoms with Gasteiger partial charge in [0, 0.05) is 0 Å². The van der Waals surface area contributed by atoms with E-state index in [0.29, 0.717) is 0 Å². The molecule has 0 aliphatic carbocycles. The minimum absolute atomic E-state index is 0.354. The van der Waals surface area contributed by atoms with Gasteiger partial charge in [0.1, 0.15) is 18.3 Å². The van der Waals surface area contributed by atoms with E-state index in [0.717, 1.165) is 0 Å². The van der Waals surface area contributed by atoms with Crippen LogP contribution in [0.3, 0.4) is 0 Å². The van der Waals surface area contributed by atoms with Crippen LogP contribution in [0, 0.1) is 0 Å². The lowest BCUT2D eigenvalue weighted by Crippen LogP contribution is -2.61. The summed E-state index contributed by atoms with van der Waals surface area (Å²) in [5.74, 6) is -1.57. The lowest BCUT2D eigenvalue weighted by Gasteiger charge is -2.29. The van der Waals surface area contributed by atoms with E-state index in [4.69, 9.17) is 15.3 Å². The summed E-state index contributed by atoms with van der Waals surface area (Å²) in [5, 5.41) is 44.9. The number of rotatable bonds is 6. The molecule has 8 heteroatoms. The van der Waals surface area contributed by atoms with Gasteiger partial charge in [-0.3, -0.25) is 9.59 Å². The van der Waals surface area contributed by atoms with Crippen molar-refractivity contribution in [2.75, 3.05) is 6.61 Å². The normalized spacial score (nSPS) is 21.1. The molecule has 15 heavy (non-hydrogen) atoms. The Bertz CT molecular complexity index is 245. The van der Waals surface area contributed by atoms with Crippen LogP contribution < -0.4 is 5.73 Å². The molecule has 0 aliphatic heterocycles. The molecule has 0 heterocycles. The Labute approximate surface area is 84.6 Å². The quantitative estimate of drug-likeness (QED) is 0.195. The predicted molar refractivity (Wildman–Crippen MR) is 45.3 cm³/mol. The first-order valence-corrected chi connectivity index (χ1v) is 3.95. The molecule has 0 spiro atoms. The molecule has 0 aromatic heterocycles. The van der Waals surface area contributed by atoms with Crippen molar-refractivity contribution in [2.45, 2.75) is 23.9 Å². The summed E-state index contributed by atoms with van der Waals surface area (Å²) in [6.07, 6.45) is -6.58. The van der Waals surface area contributed by atoms with Crippen molar-refractivity contribution in [1.29, 1.82) is 0 Å². The van der Waals surface area contributed by atoms with Crippen LogP contribution in [-0.2, 0) is 9.59 Å². The highest BCUT2D eigenvalue weighted by atomic mass is 16.4. The van der Waals surface area contributed by atoms with Crippen LogP contribution in [0.5, 0.6) is 0 Å². The maximum Gasteiger partial charge on any atom is 0.259 e. The fourth-order valence-corrected chi connectivity index (χ4v) is 0.852. The van der Waals surface area contributed by atoms with Gasteiger partial charge >= 0.3 is 0 Å². The van der Waals surface area contributed by atoms with Gasteiger partial charge in [-0.1, -0.05) is 0 Å². The predicted octanol–water partition coefficient (Wildman–Crippen LogP) is -4.52. The molecule has 0 bridgehead atoms. The number of aliphatic hydroxyl groups excluding tert-OH is 4. The van der Waals surface area contributed by atoms with Crippen molar-refractivity contribution in [3.05, 3.63) is 0 Å². The molecule has 0 aliphatic rings. The molecule has 0 radical (unpaired) electrons. The second-order valence-corrected chi connectivity index (χ2v) is 2.99. The van der Waals surface area contributed by atoms with Crippen LogP contribution in [0.25, 0.3) is 0 Å². The average molecular weight is 223 g/mol. The highest BCUT2D eigenvalue weighted by Gasteiger charge is 2.47. The molecule has 8 nitrogen and oxygen atoms in total. The van der Waals surface area contributed by atoms with Crippen molar-refractivity contribution < 1.29 is 35.1 Å². The summed E-state index contributed by atoms with van der Waals surface area (Å²) < 4.78 is 0. The number of amides is 1. The molecule has 0 rings (SSSR count). The third-order valence-electron chi connectivity index (χ3n) is 1.93. The Morgan fingerprint density at radius 3 is 2.13 bits per heavy atom. The second-order valence-electron chi connectivity index (χ2n) is 2.99. The Hall–Kier alpha value is -1.06. The molecule has 0 saturated heterocycles. The van der Waals surface area contributed by atoms with E-state index < -0.39 is 36.4 Å². The number of hydrogen-bond donors (Lipinski definition) is 6. The minimum atomic E-state index is -3.00. The first-order chi connectivity index (χ1) is 6.81. The smallest absolute Gasteiger partial charge is 0.259 e. The van der Waals surface area contributed by atoms with Gasteiger partial charge in [0.05, 0.1) is 6.61 Å². The van der Waals surface area contributed by atoms with Crippen molar-refractivity contribution in [3.63, 3.8) is 0 Å². The van der Waals surface area contributed by atoms with Crippen LogP contribution >= 0.6 is 0 Å². The van der Waals surface area contributed by atoms with Crippen molar-refractivity contribution in [2.24, 2.45) is 5.73 Å². The summed E-state index contributed by atoms with van der Waals surface area (Å²) in [5.41, 5.74) is 1.62. The summed E-state index contributed by atoms with van der Waals surface area (Å²) >= 11 is 0. The van der Waals surface area contributed by atoms with Gasteiger partial charge in [-0.2, -0.15) is 0 Å². The SMILES string of the molecule is NC(=O)C(O)(C=O)C(O)C(O)C(O)CO. The van der Waals surface area contributed by atoms with Gasteiger partial charge < -0.3 is 31.3 Å². The molecule has 0 aromatic rings. The maximum absolute atomic E-state index is 10.6. The summed E-state index contributed by atoms with van der Waals surface area (Å²) in [7, 11) is 0.